The summed E-state index contributed by atoms with van der Waals surface area (Å²) >= 11 is 0. The average molecular weight is 273 g/mol. The van der Waals surface area contributed by atoms with Crippen molar-refractivity contribution in [2.45, 2.75) is 32.7 Å². The van der Waals surface area contributed by atoms with Crippen molar-refractivity contribution < 1.29 is 9.53 Å². The molecule has 1 aromatic carbocycles. The second-order valence-corrected chi connectivity index (χ2v) is 4.66. The van der Waals surface area contributed by atoms with Gasteiger partial charge >= 0.3 is 5.97 Å². The summed E-state index contributed by atoms with van der Waals surface area (Å²) in [6.45, 7) is 4.11. The van der Waals surface area contributed by atoms with Gasteiger partial charge in [0.25, 0.3) is 0 Å². The molecule has 20 heavy (non-hydrogen) atoms. The predicted octanol–water partition coefficient (Wildman–Crippen LogP) is 2.63. The second-order valence-electron chi connectivity index (χ2n) is 4.66. The van der Waals surface area contributed by atoms with Crippen LogP contribution in [0.4, 0.5) is 0 Å². The molecule has 0 aliphatic heterocycles. The van der Waals surface area contributed by atoms with Gasteiger partial charge in [0.15, 0.2) is 5.69 Å². The zero-order valence-corrected chi connectivity index (χ0v) is 12.0. The first-order valence-corrected chi connectivity index (χ1v) is 6.76. The molecule has 0 saturated heterocycles. The van der Waals surface area contributed by atoms with Gasteiger partial charge in [-0.1, -0.05) is 48.9 Å². The van der Waals surface area contributed by atoms with E-state index in [2.05, 4.69) is 17.2 Å². The fourth-order valence-electron chi connectivity index (χ4n) is 2.22. The first kappa shape index (κ1) is 14.2. The molecule has 0 bridgehead atoms. The van der Waals surface area contributed by atoms with Crippen LogP contribution in [0.25, 0.3) is 0 Å². The van der Waals surface area contributed by atoms with Gasteiger partial charge in [0, 0.05) is 0 Å². The summed E-state index contributed by atoms with van der Waals surface area (Å²) in [6.07, 6.45) is 1.66. The number of aromatic nitrogens is 3. The number of methoxy groups -OCH3 is 1. The van der Waals surface area contributed by atoms with Crippen LogP contribution in [0, 0.1) is 0 Å². The molecule has 0 amide bonds. The monoisotopic (exact) mass is 273 g/mol. The summed E-state index contributed by atoms with van der Waals surface area (Å²) in [7, 11) is 1.36. The van der Waals surface area contributed by atoms with Crippen LogP contribution in [0.2, 0.25) is 0 Å². The van der Waals surface area contributed by atoms with Crippen LogP contribution in [0.1, 0.15) is 48.1 Å². The van der Waals surface area contributed by atoms with Gasteiger partial charge in [-0.3, -0.25) is 0 Å². The maximum absolute atomic E-state index is 11.7. The van der Waals surface area contributed by atoms with Crippen LogP contribution in [0.15, 0.2) is 30.3 Å². The highest BCUT2D eigenvalue weighted by atomic mass is 16.5. The summed E-state index contributed by atoms with van der Waals surface area (Å²) < 4.78 is 6.58. The van der Waals surface area contributed by atoms with Crippen LogP contribution >= 0.6 is 0 Å². The maximum Gasteiger partial charge on any atom is 0.360 e. The highest BCUT2D eigenvalue weighted by molar-refractivity contribution is 5.88. The van der Waals surface area contributed by atoms with Crippen LogP contribution in [-0.4, -0.2) is 28.1 Å². The zero-order valence-electron chi connectivity index (χ0n) is 12.0. The lowest BCUT2D eigenvalue weighted by atomic mass is 10.1. The van der Waals surface area contributed by atoms with Gasteiger partial charge in [0.05, 0.1) is 18.8 Å². The number of benzene rings is 1. The Kier molecular flexibility index (Phi) is 4.50. The average Bonchev–Trinajstić information content (AvgIpc) is 2.91. The molecule has 0 fully saturated rings. The van der Waals surface area contributed by atoms with Crippen molar-refractivity contribution in [2.75, 3.05) is 7.11 Å². The Morgan fingerprint density at radius 1 is 1.35 bits per heavy atom. The van der Waals surface area contributed by atoms with E-state index >= 15 is 0 Å². The van der Waals surface area contributed by atoms with E-state index in [1.54, 1.807) is 0 Å². The molecule has 2 rings (SSSR count). The smallest absolute Gasteiger partial charge is 0.360 e. The van der Waals surface area contributed by atoms with Gasteiger partial charge in [0.2, 0.25) is 0 Å². The SMILES string of the molecule is CCCc1c(C(=O)OC)nnn1C(C)c1ccccc1. The van der Waals surface area contributed by atoms with Gasteiger partial charge in [-0.2, -0.15) is 0 Å². The molecule has 1 heterocycles. The minimum absolute atomic E-state index is 0.0312. The van der Waals surface area contributed by atoms with Crippen molar-refractivity contribution in [3.8, 4) is 0 Å². The van der Waals surface area contributed by atoms with E-state index in [9.17, 15) is 4.79 Å². The maximum atomic E-state index is 11.7. The number of nitrogens with zero attached hydrogens (tertiary/aromatic N) is 3. The minimum Gasteiger partial charge on any atom is -0.464 e. The van der Waals surface area contributed by atoms with Crippen molar-refractivity contribution in [3.05, 3.63) is 47.3 Å². The molecule has 1 aromatic heterocycles. The van der Waals surface area contributed by atoms with E-state index in [4.69, 9.17) is 4.74 Å². The molecule has 0 N–H and O–H groups in total. The molecule has 0 aliphatic rings. The summed E-state index contributed by atoms with van der Waals surface area (Å²) in [6, 6.07) is 10.1. The number of ether oxygens (including phenoxy) is 1. The number of esters is 1. The number of hydrogen-bond donors (Lipinski definition) is 0. The number of hydrogen-bond acceptors (Lipinski definition) is 4. The highest BCUT2D eigenvalue weighted by Gasteiger charge is 2.22. The lowest BCUT2D eigenvalue weighted by Gasteiger charge is -2.15. The van der Waals surface area contributed by atoms with Crippen molar-refractivity contribution in [3.63, 3.8) is 0 Å². The second kappa shape index (κ2) is 6.32. The molecule has 0 spiro atoms. The minimum atomic E-state index is -0.431. The van der Waals surface area contributed by atoms with Crippen LogP contribution < -0.4 is 0 Å². The number of carbonyl (C=O) groups is 1. The van der Waals surface area contributed by atoms with E-state index in [0.717, 1.165) is 24.1 Å². The van der Waals surface area contributed by atoms with E-state index < -0.39 is 5.97 Å². The highest BCUT2D eigenvalue weighted by Crippen LogP contribution is 2.21. The third-order valence-electron chi connectivity index (χ3n) is 3.31. The Hall–Kier alpha value is -2.17. The van der Waals surface area contributed by atoms with Crippen molar-refractivity contribution in [2.24, 2.45) is 0 Å². The van der Waals surface area contributed by atoms with Crippen LogP contribution in [0.3, 0.4) is 0 Å². The lowest BCUT2D eigenvalue weighted by Crippen LogP contribution is -2.14. The molecule has 1 atom stereocenters. The van der Waals surface area contributed by atoms with Crippen molar-refractivity contribution in [1.29, 1.82) is 0 Å². The van der Waals surface area contributed by atoms with E-state index in [1.807, 2.05) is 41.9 Å². The summed E-state index contributed by atoms with van der Waals surface area (Å²) in [5, 5.41) is 8.14. The topological polar surface area (TPSA) is 57.0 Å². The van der Waals surface area contributed by atoms with E-state index in [1.165, 1.54) is 7.11 Å². The number of rotatable bonds is 5. The fraction of sp³-hybridized carbons (Fsp3) is 0.400. The standard InChI is InChI=1S/C15H19N3O2/c1-4-8-13-14(15(19)20-3)16-17-18(13)11(2)12-9-6-5-7-10-12/h5-7,9-11H,4,8H2,1-3H3. The molecule has 5 nitrogen and oxygen atoms in total. The quantitative estimate of drug-likeness (QED) is 0.786. The van der Waals surface area contributed by atoms with Gasteiger partial charge in [0.1, 0.15) is 0 Å². The Morgan fingerprint density at radius 3 is 2.65 bits per heavy atom. The summed E-state index contributed by atoms with van der Waals surface area (Å²) in [5.41, 5.74) is 2.28. The molecule has 0 aliphatic carbocycles. The van der Waals surface area contributed by atoms with Crippen molar-refractivity contribution in [1.82, 2.24) is 15.0 Å². The third-order valence-corrected chi connectivity index (χ3v) is 3.31. The van der Waals surface area contributed by atoms with Crippen LogP contribution in [-0.2, 0) is 11.2 Å². The molecule has 2 aromatic rings. The first-order valence-electron chi connectivity index (χ1n) is 6.76. The van der Waals surface area contributed by atoms with Gasteiger partial charge in [-0.05, 0) is 18.9 Å². The zero-order chi connectivity index (χ0) is 14.5. The van der Waals surface area contributed by atoms with E-state index in [-0.39, 0.29) is 6.04 Å². The van der Waals surface area contributed by atoms with Gasteiger partial charge < -0.3 is 4.74 Å². The summed E-state index contributed by atoms with van der Waals surface area (Å²) in [4.78, 5) is 11.7. The molecule has 106 valence electrons. The number of carbonyl (C=O) groups excluding carboxylic acids is 1. The molecule has 5 heteroatoms. The molecule has 0 radical (unpaired) electrons. The Morgan fingerprint density at radius 2 is 2.05 bits per heavy atom. The van der Waals surface area contributed by atoms with E-state index in [0.29, 0.717) is 5.69 Å². The Labute approximate surface area is 118 Å². The predicted molar refractivity (Wildman–Crippen MR) is 75.6 cm³/mol. The van der Waals surface area contributed by atoms with Gasteiger partial charge in [-0.15, -0.1) is 5.10 Å². The largest absolute Gasteiger partial charge is 0.464 e. The third kappa shape index (κ3) is 2.71. The normalized spacial score (nSPS) is 12.2. The Bertz CT molecular complexity index is 578. The fourth-order valence-corrected chi connectivity index (χ4v) is 2.22. The van der Waals surface area contributed by atoms with Crippen LogP contribution in [0.5, 0.6) is 0 Å². The molecule has 1 unspecified atom stereocenters. The summed E-state index contributed by atoms with van der Waals surface area (Å²) in [5.74, 6) is -0.431. The molecular weight excluding hydrogens is 254 g/mol. The Balaban J connectivity index is 2.41. The first-order chi connectivity index (χ1) is 9.69. The van der Waals surface area contributed by atoms with Crippen molar-refractivity contribution >= 4 is 5.97 Å². The lowest BCUT2D eigenvalue weighted by molar-refractivity contribution is 0.0592. The van der Waals surface area contributed by atoms with Gasteiger partial charge in [-0.25, -0.2) is 9.48 Å². The molecule has 0 saturated carbocycles. The molecular formula is C15H19N3O2.